The van der Waals surface area contributed by atoms with E-state index in [-0.39, 0.29) is 11.7 Å². The van der Waals surface area contributed by atoms with Gasteiger partial charge in [-0.2, -0.15) is 0 Å². The molecule has 2 aromatic rings. The van der Waals surface area contributed by atoms with E-state index in [9.17, 15) is 13.2 Å². The van der Waals surface area contributed by atoms with Crippen LogP contribution in [0.4, 0.5) is 0 Å². The van der Waals surface area contributed by atoms with Crippen LogP contribution in [-0.2, 0) is 28.7 Å². The van der Waals surface area contributed by atoms with E-state index in [1.807, 2.05) is 6.07 Å². The Hall–Kier alpha value is -2.18. The Kier molecular flexibility index (Phi) is 7.09. The van der Waals surface area contributed by atoms with Gasteiger partial charge in [0.15, 0.2) is 9.84 Å². The van der Waals surface area contributed by atoms with Crippen molar-refractivity contribution in [3.05, 3.63) is 70.8 Å². The van der Waals surface area contributed by atoms with Crippen molar-refractivity contribution in [2.45, 2.75) is 51.1 Å². The molecule has 0 bridgehead atoms. The van der Waals surface area contributed by atoms with Crippen molar-refractivity contribution in [1.82, 2.24) is 10.2 Å². The van der Waals surface area contributed by atoms with Gasteiger partial charge in [-0.15, -0.1) is 0 Å². The zero-order valence-electron chi connectivity index (χ0n) is 17.2. The molecule has 0 aromatic heterocycles. The van der Waals surface area contributed by atoms with E-state index in [1.165, 1.54) is 31.1 Å². The Morgan fingerprint density at radius 1 is 1.07 bits per heavy atom. The summed E-state index contributed by atoms with van der Waals surface area (Å²) in [6.07, 6.45) is 5.00. The summed E-state index contributed by atoms with van der Waals surface area (Å²) >= 11 is 0. The molecule has 1 heterocycles. The van der Waals surface area contributed by atoms with Crippen LogP contribution in [0.25, 0.3) is 0 Å². The average molecular weight is 415 g/mol. The molecule has 5 nitrogen and oxygen atoms in total. The molecule has 1 unspecified atom stereocenters. The number of rotatable bonds is 7. The first kappa shape index (κ1) is 21.5. The molecule has 1 N–H and O–H groups in total. The summed E-state index contributed by atoms with van der Waals surface area (Å²) in [7, 11) is -3.08. The van der Waals surface area contributed by atoms with Crippen molar-refractivity contribution in [2.75, 3.05) is 12.8 Å². The Morgan fingerprint density at radius 2 is 1.76 bits per heavy atom. The minimum atomic E-state index is -3.08. The maximum absolute atomic E-state index is 12.5. The SMILES string of the molecule is CC1CCCCN1Cc1ccccc1CNC(=O)c1ccc(CS(C)(=O)=O)cc1. The number of carbonyl (C=O) groups is 1. The molecule has 0 radical (unpaired) electrons. The molecule has 1 atom stereocenters. The molecular formula is C23H30N2O3S. The van der Waals surface area contributed by atoms with Gasteiger partial charge >= 0.3 is 0 Å². The second kappa shape index (κ2) is 9.55. The van der Waals surface area contributed by atoms with Crippen LogP contribution in [0.3, 0.4) is 0 Å². The number of benzene rings is 2. The quantitative estimate of drug-likeness (QED) is 0.753. The van der Waals surface area contributed by atoms with Gasteiger partial charge in [-0.3, -0.25) is 9.69 Å². The van der Waals surface area contributed by atoms with Crippen LogP contribution in [0.2, 0.25) is 0 Å². The maximum Gasteiger partial charge on any atom is 0.251 e. The zero-order valence-corrected chi connectivity index (χ0v) is 18.0. The lowest BCUT2D eigenvalue weighted by Crippen LogP contribution is -2.37. The number of carbonyl (C=O) groups excluding carboxylic acids is 1. The maximum atomic E-state index is 12.5. The summed E-state index contributed by atoms with van der Waals surface area (Å²) in [5.74, 6) is -0.172. The third-order valence-corrected chi connectivity index (χ3v) is 6.37. The number of hydrogen-bond donors (Lipinski definition) is 1. The second-order valence-corrected chi connectivity index (χ2v) is 10.2. The Bertz CT molecular complexity index is 939. The Labute approximate surface area is 174 Å². The lowest BCUT2D eigenvalue weighted by molar-refractivity contribution is 0.0950. The van der Waals surface area contributed by atoms with Crippen LogP contribution in [0.15, 0.2) is 48.5 Å². The van der Waals surface area contributed by atoms with Crippen molar-refractivity contribution in [3.63, 3.8) is 0 Å². The Balaban J connectivity index is 1.61. The molecule has 29 heavy (non-hydrogen) atoms. The second-order valence-electron chi connectivity index (χ2n) is 8.03. The molecular weight excluding hydrogens is 384 g/mol. The number of sulfone groups is 1. The van der Waals surface area contributed by atoms with Crippen LogP contribution in [-0.4, -0.2) is 38.1 Å². The van der Waals surface area contributed by atoms with Crippen molar-refractivity contribution in [2.24, 2.45) is 0 Å². The fourth-order valence-electron chi connectivity index (χ4n) is 3.83. The van der Waals surface area contributed by atoms with Gasteiger partial charge in [0.1, 0.15) is 0 Å². The van der Waals surface area contributed by atoms with Gasteiger partial charge in [0.25, 0.3) is 5.91 Å². The first-order valence-corrected chi connectivity index (χ1v) is 12.2. The fraction of sp³-hybridized carbons (Fsp3) is 0.435. The number of piperidine rings is 1. The fourth-order valence-corrected chi connectivity index (χ4v) is 4.63. The van der Waals surface area contributed by atoms with Gasteiger partial charge in [0, 0.05) is 31.0 Å². The third kappa shape index (κ3) is 6.41. The van der Waals surface area contributed by atoms with Gasteiger partial charge < -0.3 is 5.32 Å². The smallest absolute Gasteiger partial charge is 0.251 e. The van der Waals surface area contributed by atoms with E-state index in [0.717, 1.165) is 18.7 Å². The number of nitrogens with one attached hydrogen (secondary N) is 1. The van der Waals surface area contributed by atoms with Gasteiger partial charge in [-0.25, -0.2) is 8.42 Å². The molecule has 6 heteroatoms. The molecule has 1 aliphatic heterocycles. The molecule has 0 aliphatic carbocycles. The Morgan fingerprint density at radius 3 is 2.41 bits per heavy atom. The monoisotopic (exact) mass is 414 g/mol. The lowest BCUT2D eigenvalue weighted by Gasteiger charge is -2.33. The van der Waals surface area contributed by atoms with Crippen LogP contribution < -0.4 is 5.32 Å². The summed E-state index contributed by atoms with van der Waals surface area (Å²) in [5.41, 5.74) is 3.60. The van der Waals surface area contributed by atoms with E-state index in [2.05, 4.69) is 35.3 Å². The van der Waals surface area contributed by atoms with E-state index < -0.39 is 9.84 Å². The number of likely N-dealkylation sites (tertiary alicyclic amines) is 1. The van der Waals surface area contributed by atoms with Crippen LogP contribution >= 0.6 is 0 Å². The summed E-state index contributed by atoms with van der Waals surface area (Å²) in [6, 6.07) is 15.6. The van der Waals surface area contributed by atoms with Crippen LogP contribution in [0.1, 0.15) is 53.2 Å². The van der Waals surface area contributed by atoms with Crippen molar-refractivity contribution in [1.29, 1.82) is 0 Å². The molecule has 0 spiro atoms. The third-order valence-electron chi connectivity index (χ3n) is 5.52. The molecule has 3 rings (SSSR count). The summed E-state index contributed by atoms with van der Waals surface area (Å²) in [6.45, 7) is 4.80. The van der Waals surface area contributed by atoms with E-state index in [0.29, 0.717) is 23.7 Å². The van der Waals surface area contributed by atoms with E-state index >= 15 is 0 Å². The van der Waals surface area contributed by atoms with Crippen molar-refractivity contribution in [3.8, 4) is 0 Å². The van der Waals surface area contributed by atoms with Gasteiger partial charge in [-0.05, 0) is 55.1 Å². The molecule has 1 fully saturated rings. The van der Waals surface area contributed by atoms with Crippen molar-refractivity contribution < 1.29 is 13.2 Å². The highest BCUT2D eigenvalue weighted by molar-refractivity contribution is 7.89. The largest absolute Gasteiger partial charge is 0.348 e. The zero-order chi connectivity index (χ0) is 20.9. The average Bonchev–Trinajstić information content (AvgIpc) is 2.68. The van der Waals surface area contributed by atoms with Gasteiger partial charge in [-0.1, -0.05) is 42.8 Å². The highest BCUT2D eigenvalue weighted by Crippen LogP contribution is 2.21. The first-order valence-electron chi connectivity index (χ1n) is 10.2. The predicted molar refractivity (Wildman–Crippen MR) is 116 cm³/mol. The normalized spacial score (nSPS) is 17.8. The van der Waals surface area contributed by atoms with Crippen LogP contribution in [0.5, 0.6) is 0 Å². The van der Waals surface area contributed by atoms with Gasteiger partial charge in [0.05, 0.1) is 5.75 Å². The van der Waals surface area contributed by atoms with E-state index in [1.54, 1.807) is 24.3 Å². The standard InChI is InChI=1S/C23H30N2O3S/c1-18-7-5-6-14-25(18)16-22-9-4-3-8-21(22)15-24-23(26)20-12-10-19(11-13-20)17-29(2,27)28/h3-4,8-13,18H,5-7,14-17H2,1-2H3,(H,24,26). The number of amides is 1. The first-order chi connectivity index (χ1) is 13.8. The molecule has 1 amide bonds. The number of nitrogens with zero attached hydrogens (tertiary/aromatic N) is 1. The molecule has 1 aliphatic rings. The summed E-state index contributed by atoms with van der Waals surface area (Å²) in [5, 5.41) is 3.00. The highest BCUT2D eigenvalue weighted by atomic mass is 32.2. The molecule has 1 saturated heterocycles. The van der Waals surface area contributed by atoms with Gasteiger partial charge in [0.2, 0.25) is 0 Å². The van der Waals surface area contributed by atoms with Crippen LogP contribution in [0, 0.1) is 0 Å². The molecule has 0 saturated carbocycles. The summed E-state index contributed by atoms with van der Waals surface area (Å²) in [4.78, 5) is 15.0. The minimum Gasteiger partial charge on any atom is -0.348 e. The topological polar surface area (TPSA) is 66.5 Å². The lowest BCUT2D eigenvalue weighted by atomic mass is 10.0. The highest BCUT2D eigenvalue weighted by Gasteiger charge is 2.19. The molecule has 156 valence electrons. The molecule has 2 aromatic carbocycles. The predicted octanol–water partition coefficient (Wildman–Crippen LogP) is 3.54. The van der Waals surface area contributed by atoms with Crippen molar-refractivity contribution >= 4 is 15.7 Å². The summed E-state index contributed by atoms with van der Waals surface area (Å²) < 4.78 is 22.8. The minimum absolute atomic E-state index is 0.0167. The number of hydrogen-bond acceptors (Lipinski definition) is 4. The van der Waals surface area contributed by atoms with E-state index in [4.69, 9.17) is 0 Å².